The van der Waals surface area contributed by atoms with E-state index in [1.807, 2.05) is 53.9 Å². The lowest BCUT2D eigenvalue weighted by molar-refractivity contribution is -0.122. The number of thiazole rings is 1. The fourth-order valence-electron chi connectivity index (χ4n) is 2.95. The number of rotatable bonds is 6. The van der Waals surface area contributed by atoms with Crippen LogP contribution in [-0.4, -0.2) is 26.6 Å². The Labute approximate surface area is 183 Å². The first-order chi connectivity index (χ1) is 14.4. The molecular weight excluding hydrogens is 420 g/mol. The summed E-state index contributed by atoms with van der Waals surface area (Å²) in [4.78, 5) is 17.6. The van der Waals surface area contributed by atoms with Gasteiger partial charge in [0.05, 0.1) is 5.69 Å². The van der Waals surface area contributed by atoms with Crippen LogP contribution in [0.1, 0.15) is 32.3 Å². The molecule has 0 aliphatic heterocycles. The normalized spacial score (nSPS) is 12.3. The summed E-state index contributed by atoms with van der Waals surface area (Å²) in [6.45, 7) is 5.96. The predicted molar refractivity (Wildman–Crippen MR) is 121 cm³/mol. The number of aromatic nitrogens is 3. The second kappa shape index (κ2) is 8.45. The van der Waals surface area contributed by atoms with E-state index in [2.05, 4.69) is 29.2 Å². The molecule has 6 nitrogen and oxygen atoms in total. The van der Waals surface area contributed by atoms with Crippen molar-refractivity contribution in [1.82, 2.24) is 14.6 Å². The molecule has 0 fully saturated rings. The molecule has 4 rings (SSSR count). The van der Waals surface area contributed by atoms with E-state index in [9.17, 15) is 4.79 Å². The maximum atomic E-state index is 12.5. The van der Waals surface area contributed by atoms with Crippen molar-refractivity contribution in [2.24, 2.45) is 0 Å². The number of benzene rings is 2. The van der Waals surface area contributed by atoms with E-state index >= 15 is 0 Å². The number of ether oxygens (including phenoxy) is 1. The van der Waals surface area contributed by atoms with Gasteiger partial charge in [-0.2, -0.15) is 4.98 Å². The van der Waals surface area contributed by atoms with Crippen molar-refractivity contribution < 1.29 is 9.53 Å². The number of nitrogens with zero attached hydrogens (tertiary/aromatic N) is 3. The maximum Gasteiger partial charge on any atom is 0.267 e. The minimum absolute atomic E-state index is 0.243. The number of halogens is 1. The van der Waals surface area contributed by atoms with Gasteiger partial charge >= 0.3 is 0 Å². The van der Waals surface area contributed by atoms with Crippen molar-refractivity contribution in [1.29, 1.82) is 0 Å². The summed E-state index contributed by atoms with van der Waals surface area (Å²) in [6, 6.07) is 15.3. The predicted octanol–water partition coefficient (Wildman–Crippen LogP) is 5.64. The molecule has 1 atom stereocenters. The maximum absolute atomic E-state index is 12.5. The minimum atomic E-state index is -0.688. The van der Waals surface area contributed by atoms with Crippen LogP contribution >= 0.6 is 22.9 Å². The van der Waals surface area contributed by atoms with Crippen molar-refractivity contribution in [2.45, 2.75) is 32.8 Å². The first-order valence-electron chi connectivity index (χ1n) is 9.58. The Morgan fingerprint density at radius 1 is 1.10 bits per heavy atom. The lowest BCUT2D eigenvalue weighted by atomic mass is 10.0. The van der Waals surface area contributed by atoms with Crippen LogP contribution in [0.3, 0.4) is 0 Å². The van der Waals surface area contributed by atoms with Gasteiger partial charge in [-0.1, -0.05) is 49.7 Å². The molecule has 2 aromatic heterocycles. The zero-order chi connectivity index (χ0) is 21.3. The number of hydrogen-bond acceptors (Lipinski definition) is 5. The third kappa shape index (κ3) is 4.32. The van der Waals surface area contributed by atoms with Crippen molar-refractivity contribution in [3.8, 4) is 17.0 Å². The van der Waals surface area contributed by atoms with Gasteiger partial charge in [-0.05, 0) is 42.7 Å². The summed E-state index contributed by atoms with van der Waals surface area (Å²) in [6.07, 6.45) is -0.688. The smallest absolute Gasteiger partial charge is 0.267 e. The van der Waals surface area contributed by atoms with E-state index in [0.717, 1.165) is 11.3 Å². The molecule has 0 aliphatic carbocycles. The van der Waals surface area contributed by atoms with E-state index in [1.165, 1.54) is 16.9 Å². The van der Waals surface area contributed by atoms with E-state index in [4.69, 9.17) is 16.3 Å². The van der Waals surface area contributed by atoms with E-state index in [1.54, 1.807) is 11.4 Å². The van der Waals surface area contributed by atoms with Gasteiger partial charge in [-0.3, -0.25) is 10.1 Å². The van der Waals surface area contributed by atoms with Crippen molar-refractivity contribution >= 4 is 39.8 Å². The highest BCUT2D eigenvalue weighted by molar-refractivity contribution is 7.15. The van der Waals surface area contributed by atoms with Gasteiger partial charge in [-0.25, -0.2) is 4.52 Å². The molecule has 2 aromatic carbocycles. The zero-order valence-electron chi connectivity index (χ0n) is 16.8. The van der Waals surface area contributed by atoms with Crippen LogP contribution in [0.15, 0.2) is 53.9 Å². The largest absolute Gasteiger partial charge is 0.481 e. The highest BCUT2D eigenvalue weighted by atomic mass is 35.5. The third-order valence-electron chi connectivity index (χ3n) is 4.69. The molecule has 2 heterocycles. The van der Waals surface area contributed by atoms with Crippen LogP contribution in [0.2, 0.25) is 5.02 Å². The molecule has 1 unspecified atom stereocenters. The molecule has 30 heavy (non-hydrogen) atoms. The van der Waals surface area contributed by atoms with E-state index < -0.39 is 6.10 Å². The SMILES string of the molecule is CC(Oc1ccc(C(C)C)cc1)C(=O)Nc1nc2scc(-c3ccc(Cl)cc3)n2n1. The van der Waals surface area contributed by atoms with Gasteiger partial charge in [0.1, 0.15) is 5.75 Å². The number of carbonyl (C=O) groups is 1. The molecule has 0 aliphatic rings. The van der Waals surface area contributed by atoms with Crippen LogP contribution in [0.4, 0.5) is 5.95 Å². The van der Waals surface area contributed by atoms with Gasteiger partial charge < -0.3 is 4.74 Å². The monoisotopic (exact) mass is 440 g/mol. The summed E-state index contributed by atoms with van der Waals surface area (Å²) in [7, 11) is 0. The molecule has 1 N–H and O–H groups in total. The van der Waals surface area contributed by atoms with Crippen LogP contribution < -0.4 is 10.1 Å². The fourth-order valence-corrected chi connectivity index (χ4v) is 3.91. The van der Waals surface area contributed by atoms with Gasteiger partial charge in [0.25, 0.3) is 11.9 Å². The molecule has 0 saturated carbocycles. The summed E-state index contributed by atoms with van der Waals surface area (Å²) >= 11 is 7.42. The van der Waals surface area contributed by atoms with Crippen LogP contribution in [-0.2, 0) is 4.79 Å². The van der Waals surface area contributed by atoms with Crippen LogP contribution in [0, 0.1) is 0 Å². The summed E-state index contributed by atoms with van der Waals surface area (Å²) in [5, 5.41) is 9.80. The Bertz CT molecular complexity index is 1170. The number of fused-ring (bicyclic) bond motifs is 1. The van der Waals surface area contributed by atoms with Crippen LogP contribution in [0.5, 0.6) is 5.75 Å². The highest BCUT2D eigenvalue weighted by Gasteiger charge is 2.19. The molecule has 8 heteroatoms. The number of anilines is 1. The molecule has 1 amide bonds. The molecule has 154 valence electrons. The highest BCUT2D eigenvalue weighted by Crippen LogP contribution is 2.27. The second-order valence-electron chi connectivity index (χ2n) is 7.23. The Morgan fingerprint density at radius 2 is 1.80 bits per heavy atom. The van der Waals surface area contributed by atoms with Gasteiger partial charge in [0.15, 0.2) is 6.10 Å². The standard InChI is InChI=1S/C22H21ClN4O2S/c1-13(2)15-6-10-18(11-7-15)29-14(3)20(28)24-21-25-22-27(26-21)19(12-30-22)16-4-8-17(23)9-5-16/h4-14H,1-3H3,(H,24,26,28). The summed E-state index contributed by atoms with van der Waals surface area (Å²) in [5.74, 6) is 1.02. The van der Waals surface area contributed by atoms with E-state index in [0.29, 0.717) is 21.7 Å². The second-order valence-corrected chi connectivity index (χ2v) is 8.50. The molecule has 0 spiro atoms. The summed E-state index contributed by atoms with van der Waals surface area (Å²) < 4.78 is 7.47. The quantitative estimate of drug-likeness (QED) is 0.421. The third-order valence-corrected chi connectivity index (χ3v) is 5.75. The molecule has 0 saturated heterocycles. The zero-order valence-corrected chi connectivity index (χ0v) is 18.4. The van der Waals surface area contributed by atoms with Gasteiger partial charge in [0, 0.05) is 16.0 Å². The van der Waals surface area contributed by atoms with Crippen molar-refractivity contribution in [3.63, 3.8) is 0 Å². The number of amides is 1. The molecular formula is C22H21ClN4O2S. The Hall–Kier alpha value is -2.90. The molecule has 4 aromatic rings. The van der Waals surface area contributed by atoms with Crippen molar-refractivity contribution in [2.75, 3.05) is 5.32 Å². The average molecular weight is 441 g/mol. The Kier molecular flexibility index (Phi) is 5.74. The Morgan fingerprint density at radius 3 is 2.47 bits per heavy atom. The minimum Gasteiger partial charge on any atom is -0.481 e. The topological polar surface area (TPSA) is 68.5 Å². The van der Waals surface area contributed by atoms with E-state index in [-0.39, 0.29) is 11.9 Å². The Balaban J connectivity index is 1.45. The lowest BCUT2D eigenvalue weighted by Crippen LogP contribution is -2.30. The first-order valence-corrected chi connectivity index (χ1v) is 10.8. The van der Waals surface area contributed by atoms with Gasteiger partial charge in [0.2, 0.25) is 4.96 Å². The van der Waals surface area contributed by atoms with Gasteiger partial charge in [-0.15, -0.1) is 16.4 Å². The number of nitrogens with one attached hydrogen (secondary N) is 1. The first kappa shape index (κ1) is 20.4. The fraction of sp³-hybridized carbons (Fsp3) is 0.227. The van der Waals surface area contributed by atoms with Crippen LogP contribution in [0.25, 0.3) is 16.2 Å². The van der Waals surface area contributed by atoms with Crippen molar-refractivity contribution in [3.05, 3.63) is 64.5 Å². The molecule has 0 bridgehead atoms. The lowest BCUT2D eigenvalue weighted by Gasteiger charge is -2.14. The molecule has 0 radical (unpaired) electrons. The average Bonchev–Trinajstić information content (AvgIpc) is 3.29. The number of carbonyl (C=O) groups excluding carboxylic acids is 1. The number of hydrogen-bond donors (Lipinski definition) is 1. The summed E-state index contributed by atoms with van der Waals surface area (Å²) in [5.41, 5.74) is 3.07.